The second kappa shape index (κ2) is 9.13. The van der Waals surface area contributed by atoms with Gasteiger partial charge < -0.3 is 19.4 Å². The summed E-state index contributed by atoms with van der Waals surface area (Å²) < 4.78 is 81.8. The highest BCUT2D eigenvalue weighted by molar-refractivity contribution is 5.97. The highest BCUT2D eigenvalue weighted by Gasteiger charge is 2.65. The van der Waals surface area contributed by atoms with Gasteiger partial charge in [0, 0.05) is 59.7 Å². The Morgan fingerprint density at radius 1 is 1.14 bits per heavy atom. The van der Waals surface area contributed by atoms with Crippen LogP contribution in [0, 0.1) is 17.6 Å². The normalized spacial score (nSPS) is 23.9. The van der Waals surface area contributed by atoms with Crippen LogP contribution in [0.3, 0.4) is 0 Å². The van der Waals surface area contributed by atoms with Crippen LogP contribution in [0.25, 0.3) is 10.9 Å². The van der Waals surface area contributed by atoms with Gasteiger partial charge in [-0.05, 0) is 31.2 Å². The van der Waals surface area contributed by atoms with Gasteiger partial charge >= 0.3 is 6.18 Å². The van der Waals surface area contributed by atoms with E-state index >= 15 is 0 Å². The van der Waals surface area contributed by atoms with Gasteiger partial charge in [0.2, 0.25) is 5.82 Å². The van der Waals surface area contributed by atoms with Crippen LogP contribution in [-0.2, 0) is 4.74 Å². The van der Waals surface area contributed by atoms with Gasteiger partial charge in [0.05, 0.1) is 7.11 Å². The minimum atomic E-state index is -4.82. The second-order valence-corrected chi connectivity index (χ2v) is 9.49. The highest BCUT2D eigenvalue weighted by atomic mass is 19.4. The molecule has 1 aliphatic heterocycles. The number of aromatic nitrogens is 1. The Morgan fingerprint density at radius 2 is 1.81 bits per heavy atom. The molecule has 0 saturated carbocycles. The van der Waals surface area contributed by atoms with Gasteiger partial charge in [-0.1, -0.05) is 13.0 Å². The zero-order valence-electron chi connectivity index (χ0n) is 20.7. The third-order valence-electron chi connectivity index (χ3n) is 7.12. The Bertz CT molecular complexity index is 1430. The summed E-state index contributed by atoms with van der Waals surface area (Å²) in [5.41, 5.74) is -2.71. The van der Waals surface area contributed by atoms with Crippen LogP contribution in [0.5, 0.6) is 5.75 Å². The molecule has 0 radical (unpaired) electrons. The van der Waals surface area contributed by atoms with Crippen LogP contribution in [0.4, 0.5) is 22.0 Å². The molecule has 2 aromatic carbocycles. The summed E-state index contributed by atoms with van der Waals surface area (Å²) >= 11 is 0. The van der Waals surface area contributed by atoms with Crippen LogP contribution in [-0.4, -0.2) is 48.8 Å². The van der Waals surface area contributed by atoms with E-state index in [2.05, 4.69) is 4.98 Å². The van der Waals surface area contributed by atoms with Crippen LogP contribution in [0.1, 0.15) is 47.5 Å². The zero-order valence-corrected chi connectivity index (χ0v) is 20.7. The molecule has 198 valence electrons. The molecule has 11 heteroatoms. The lowest BCUT2D eigenvalue weighted by atomic mass is 9.76. The van der Waals surface area contributed by atoms with E-state index in [1.54, 1.807) is 14.1 Å². The number of fused-ring (bicyclic) bond motifs is 1. The third kappa shape index (κ3) is 4.24. The summed E-state index contributed by atoms with van der Waals surface area (Å²) in [7, 11) is 4.20. The van der Waals surface area contributed by atoms with Gasteiger partial charge in [-0.3, -0.25) is 9.59 Å². The fourth-order valence-corrected chi connectivity index (χ4v) is 4.89. The number of rotatable bonds is 4. The third-order valence-corrected chi connectivity index (χ3v) is 7.12. The number of aromatic amines is 1. The van der Waals surface area contributed by atoms with Crippen molar-refractivity contribution >= 4 is 16.8 Å². The molecule has 1 amide bonds. The Labute approximate surface area is 209 Å². The lowest BCUT2D eigenvalue weighted by molar-refractivity contribution is -0.275. The summed E-state index contributed by atoms with van der Waals surface area (Å²) in [6, 6.07) is 7.44. The molecule has 0 unspecified atom stereocenters. The Balaban J connectivity index is 1.91. The van der Waals surface area contributed by atoms with Crippen molar-refractivity contribution in [2.45, 2.75) is 37.6 Å². The number of hydrogen-bond acceptors (Lipinski definition) is 4. The number of methoxy groups -OCH3 is 1. The van der Waals surface area contributed by atoms with E-state index in [0.717, 1.165) is 32.2 Å². The maximum atomic E-state index is 14.6. The average molecular weight is 524 g/mol. The van der Waals surface area contributed by atoms with Gasteiger partial charge in [0.25, 0.3) is 5.91 Å². The van der Waals surface area contributed by atoms with Crippen molar-refractivity contribution in [1.29, 1.82) is 0 Å². The number of halogens is 5. The van der Waals surface area contributed by atoms with Crippen molar-refractivity contribution < 1.29 is 36.2 Å². The van der Waals surface area contributed by atoms with E-state index in [9.17, 15) is 31.5 Å². The fraction of sp³-hybridized carbons (Fsp3) is 0.385. The van der Waals surface area contributed by atoms with Crippen molar-refractivity contribution in [3.8, 4) is 5.75 Å². The molecule has 4 rings (SSSR count). The first-order chi connectivity index (χ1) is 17.2. The lowest BCUT2D eigenvalue weighted by Crippen LogP contribution is -2.46. The molecule has 6 nitrogen and oxygen atoms in total. The maximum Gasteiger partial charge on any atom is 0.417 e. The molecule has 37 heavy (non-hydrogen) atoms. The van der Waals surface area contributed by atoms with Crippen molar-refractivity contribution in [3.63, 3.8) is 0 Å². The summed E-state index contributed by atoms with van der Waals surface area (Å²) in [6.45, 7) is 2.19. The number of pyridine rings is 1. The van der Waals surface area contributed by atoms with Gasteiger partial charge in [-0.2, -0.15) is 17.6 Å². The van der Waals surface area contributed by atoms with E-state index in [4.69, 9.17) is 9.47 Å². The van der Waals surface area contributed by atoms with Gasteiger partial charge in [0.15, 0.2) is 22.6 Å². The number of amides is 1. The zero-order chi connectivity index (χ0) is 27.4. The molecule has 1 N–H and O–H groups in total. The van der Waals surface area contributed by atoms with Gasteiger partial charge in [0.1, 0.15) is 6.10 Å². The number of hydrogen-bond donors (Lipinski definition) is 1. The quantitative estimate of drug-likeness (QED) is 0.469. The molecule has 1 aliphatic rings. The number of carbonyl (C=O) groups is 1. The number of nitrogens with one attached hydrogen (secondary N) is 1. The lowest BCUT2D eigenvalue weighted by Gasteiger charge is -2.32. The topological polar surface area (TPSA) is 71.6 Å². The van der Waals surface area contributed by atoms with E-state index < -0.39 is 52.5 Å². The molecule has 1 aromatic heterocycles. The second-order valence-electron chi connectivity index (χ2n) is 9.49. The van der Waals surface area contributed by atoms with Gasteiger partial charge in [-0.25, -0.2) is 4.39 Å². The first-order valence-corrected chi connectivity index (χ1v) is 11.4. The van der Waals surface area contributed by atoms with E-state index in [1.807, 2.05) is 0 Å². The van der Waals surface area contributed by atoms with Crippen LogP contribution >= 0.6 is 0 Å². The number of H-pyrrole nitrogens is 1. The number of benzene rings is 2. The van der Waals surface area contributed by atoms with Crippen molar-refractivity contribution in [1.82, 2.24) is 9.88 Å². The number of nitrogens with zero attached hydrogens (tertiary/aromatic N) is 1. The summed E-state index contributed by atoms with van der Waals surface area (Å²) in [4.78, 5) is 29.7. The Kier molecular flexibility index (Phi) is 6.56. The van der Waals surface area contributed by atoms with Crippen LogP contribution in [0.15, 0.2) is 41.2 Å². The Morgan fingerprint density at radius 3 is 2.41 bits per heavy atom. The molecule has 0 spiro atoms. The molecule has 2 heterocycles. The first-order valence-electron chi connectivity index (χ1n) is 11.4. The van der Waals surface area contributed by atoms with Gasteiger partial charge in [-0.15, -0.1) is 0 Å². The van der Waals surface area contributed by atoms with Crippen molar-refractivity contribution in [3.05, 3.63) is 75.1 Å². The largest absolute Gasteiger partial charge is 0.493 e. The molecular formula is C26H25F5N2O4. The van der Waals surface area contributed by atoms with Crippen molar-refractivity contribution in [2.75, 3.05) is 21.2 Å². The molecule has 3 aromatic rings. The summed E-state index contributed by atoms with van der Waals surface area (Å²) in [6.07, 6.45) is -6.20. The molecule has 0 aliphatic carbocycles. The van der Waals surface area contributed by atoms with E-state index in [0.29, 0.717) is 0 Å². The Hall–Kier alpha value is -3.47. The fourth-order valence-electron chi connectivity index (χ4n) is 4.89. The summed E-state index contributed by atoms with van der Waals surface area (Å²) in [5, 5.41) is 0.156. The van der Waals surface area contributed by atoms with E-state index in [-0.39, 0.29) is 33.6 Å². The maximum absolute atomic E-state index is 14.6. The average Bonchev–Trinajstić information content (AvgIpc) is 3.11. The summed E-state index contributed by atoms with van der Waals surface area (Å²) in [5.74, 6) is -5.87. The molecule has 0 bridgehead atoms. The number of alkyl halides is 3. The first kappa shape index (κ1) is 26.6. The molecule has 1 fully saturated rings. The SMILES string of the molecule is COc1c([C@H]2[C@H](c3cc(=O)c4cc(C(=O)N(C)C)ccc4[nH]3)O[C@@](C)(C(F)(F)F)[C@H]2C)ccc(F)c1F. The van der Waals surface area contributed by atoms with Crippen molar-refractivity contribution in [2.24, 2.45) is 5.92 Å². The van der Waals surface area contributed by atoms with E-state index in [1.165, 1.54) is 30.0 Å². The predicted octanol–water partition coefficient (Wildman–Crippen LogP) is 5.33. The van der Waals surface area contributed by atoms with Crippen LogP contribution < -0.4 is 10.2 Å². The monoisotopic (exact) mass is 524 g/mol. The minimum absolute atomic E-state index is 0.0146. The highest BCUT2D eigenvalue weighted by Crippen LogP contribution is 2.59. The standard InChI is InChI=1S/C26H25F5N2O4/c1-12-20(14-7-8-16(27)21(28)22(14)36-5)23(37-25(12,2)26(29,30)31)18-11-19(34)15-10-13(24(35)33(3)4)6-9-17(15)32-18/h6-12,20,23H,1-5H3,(H,32,34)/t12-,20-,23-,25+/m0/s1. The number of ether oxygens (including phenoxy) is 2. The molecule has 1 saturated heterocycles. The predicted molar refractivity (Wildman–Crippen MR) is 126 cm³/mol. The minimum Gasteiger partial charge on any atom is -0.493 e. The van der Waals surface area contributed by atoms with Crippen LogP contribution in [0.2, 0.25) is 0 Å². The number of carbonyl (C=O) groups excluding carboxylic acids is 1. The molecular weight excluding hydrogens is 499 g/mol. The smallest absolute Gasteiger partial charge is 0.417 e. The molecule has 4 atom stereocenters.